The van der Waals surface area contributed by atoms with Gasteiger partial charge < -0.3 is 19.9 Å². The third kappa shape index (κ3) is 5.00. The van der Waals surface area contributed by atoms with Crippen molar-refractivity contribution in [1.82, 2.24) is 14.9 Å². The zero-order valence-electron chi connectivity index (χ0n) is 16.7. The number of nitrogens with one attached hydrogen (secondary N) is 2. The van der Waals surface area contributed by atoms with E-state index >= 15 is 0 Å². The molecule has 0 radical (unpaired) electrons. The van der Waals surface area contributed by atoms with Gasteiger partial charge in [-0.3, -0.25) is 14.9 Å². The van der Waals surface area contributed by atoms with Crippen molar-refractivity contribution in [2.75, 3.05) is 25.6 Å². The van der Waals surface area contributed by atoms with Crippen LogP contribution in [0.1, 0.15) is 28.9 Å². The summed E-state index contributed by atoms with van der Waals surface area (Å²) in [7, 11) is 1.55. The fourth-order valence-electron chi connectivity index (χ4n) is 2.97. The van der Waals surface area contributed by atoms with E-state index in [1.165, 1.54) is 12.1 Å². The number of carbonyl (C=O) groups excluding carboxylic acids is 1. The molecule has 0 spiro atoms. The van der Waals surface area contributed by atoms with E-state index in [4.69, 9.17) is 4.74 Å². The van der Waals surface area contributed by atoms with Gasteiger partial charge >= 0.3 is 0 Å². The molecule has 0 saturated heterocycles. The normalized spacial score (nSPS) is 11.7. The Morgan fingerprint density at radius 2 is 2.03 bits per heavy atom. The first kappa shape index (κ1) is 21.0. The van der Waals surface area contributed by atoms with Crippen LogP contribution in [0.2, 0.25) is 0 Å². The van der Waals surface area contributed by atoms with Crippen LogP contribution < -0.4 is 10.6 Å². The fourth-order valence-corrected chi connectivity index (χ4v) is 2.97. The van der Waals surface area contributed by atoms with Gasteiger partial charge in [-0.25, -0.2) is 4.98 Å². The second kappa shape index (κ2) is 9.66. The Balaban J connectivity index is 1.70. The molecule has 0 aliphatic rings. The largest absolute Gasteiger partial charge is 0.383 e. The minimum atomic E-state index is -0.510. The van der Waals surface area contributed by atoms with Crippen LogP contribution in [0.4, 0.5) is 11.4 Å². The number of hydrogen-bond acceptors (Lipinski definition) is 6. The number of benzene rings is 2. The molecule has 9 nitrogen and oxygen atoms in total. The number of nitro benzene ring substituents is 1. The molecule has 0 aliphatic heterocycles. The molecule has 0 fully saturated rings. The summed E-state index contributed by atoms with van der Waals surface area (Å²) in [6.45, 7) is 2.70. The van der Waals surface area contributed by atoms with Crippen LogP contribution in [0.3, 0.4) is 0 Å². The second-order valence-corrected chi connectivity index (χ2v) is 6.67. The number of imidazole rings is 1. The molecule has 1 aromatic heterocycles. The van der Waals surface area contributed by atoms with Crippen LogP contribution in [-0.2, 0) is 4.74 Å². The van der Waals surface area contributed by atoms with Gasteiger partial charge in [0.25, 0.3) is 11.6 Å². The zero-order chi connectivity index (χ0) is 21.5. The molecular weight excluding hydrogens is 386 g/mol. The predicted octanol–water partition coefficient (Wildman–Crippen LogP) is 3.33. The summed E-state index contributed by atoms with van der Waals surface area (Å²) in [6, 6.07) is 11.8. The summed E-state index contributed by atoms with van der Waals surface area (Å²) in [5, 5.41) is 17.2. The first-order valence-corrected chi connectivity index (χ1v) is 9.40. The zero-order valence-corrected chi connectivity index (χ0v) is 16.7. The molecule has 1 atom stereocenters. The molecule has 0 bridgehead atoms. The predicted molar refractivity (Wildman–Crippen MR) is 113 cm³/mol. The van der Waals surface area contributed by atoms with Gasteiger partial charge in [0.1, 0.15) is 5.69 Å². The van der Waals surface area contributed by atoms with Gasteiger partial charge in [-0.2, -0.15) is 0 Å². The molecule has 0 saturated carbocycles. The highest BCUT2D eigenvalue weighted by molar-refractivity contribution is 5.96. The van der Waals surface area contributed by atoms with Crippen molar-refractivity contribution in [3.63, 3.8) is 0 Å². The number of ether oxygens (including phenoxy) is 1. The molecule has 9 heteroatoms. The molecule has 30 heavy (non-hydrogen) atoms. The number of rotatable bonds is 9. The standard InChI is InChI=1S/C21H23N5O4/c1-15(16-3-6-18(7-4-16)25-11-9-22-14-25)24-21(27)17-5-8-19(23-10-12-30-2)20(13-17)26(28)29/h3-9,11,13-15,23H,10,12H2,1-2H3,(H,24,27). The van der Waals surface area contributed by atoms with Gasteiger partial charge in [0, 0.05) is 43.4 Å². The minimum Gasteiger partial charge on any atom is -0.383 e. The third-order valence-corrected chi connectivity index (χ3v) is 4.62. The Morgan fingerprint density at radius 3 is 2.67 bits per heavy atom. The summed E-state index contributed by atoms with van der Waals surface area (Å²) in [5.74, 6) is -0.382. The van der Waals surface area contributed by atoms with E-state index in [-0.39, 0.29) is 23.2 Å². The summed E-state index contributed by atoms with van der Waals surface area (Å²) < 4.78 is 6.82. The maximum Gasteiger partial charge on any atom is 0.293 e. The number of anilines is 1. The SMILES string of the molecule is COCCNc1ccc(C(=O)NC(C)c2ccc(-n3ccnc3)cc2)cc1[N+](=O)[O-]. The fraction of sp³-hybridized carbons (Fsp3) is 0.238. The van der Waals surface area contributed by atoms with E-state index in [1.54, 1.807) is 25.7 Å². The molecule has 1 heterocycles. The van der Waals surface area contributed by atoms with E-state index in [0.29, 0.717) is 18.8 Å². The molecule has 0 aliphatic carbocycles. The highest BCUT2D eigenvalue weighted by Gasteiger charge is 2.19. The maximum absolute atomic E-state index is 12.6. The second-order valence-electron chi connectivity index (χ2n) is 6.67. The van der Waals surface area contributed by atoms with Crippen molar-refractivity contribution in [1.29, 1.82) is 0 Å². The highest BCUT2D eigenvalue weighted by atomic mass is 16.6. The Bertz CT molecular complexity index is 1000. The lowest BCUT2D eigenvalue weighted by Gasteiger charge is -2.15. The smallest absolute Gasteiger partial charge is 0.293 e. The number of nitro groups is 1. The highest BCUT2D eigenvalue weighted by Crippen LogP contribution is 2.26. The van der Waals surface area contributed by atoms with E-state index in [0.717, 1.165) is 11.3 Å². The molecule has 156 valence electrons. The number of carbonyl (C=O) groups is 1. The summed E-state index contributed by atoms with van der Waals surface area (Å²) >= 11 is 0. The monoisotopic (exact) mass is 409 g/mol. The maximum atomic E-state index is 12.6. The minimum absolute atomic E-state index is 0.156. The number of aromatic nitrogens is 2. The Morgan fingerprint density at radius 1 is 1.27 bits per heavy atom. The first-order valence-electron chi connectivity index (χ1n) is 9.40. The van der Waals surface area contributed by atoms with Crippen LogP contribution >= 0.6 is 0 Å². The lowest BCUT2D eigenvalue weighted by molar-refractivity contribution is -0.384. The molecule has 3 rings (SSSR count). The molecule has 3 aromatic rings. The van der Waals surface area contributed by atoms with Gasteiger partial charge in [-0.05, 0) is 36.8 Å². The van der Waals surface area contributed by atoms with Gasteiger partial charge in [-0.15, -0.1) is 0 Å². The lowest BCUT2D eigenvalue weighted by atomic mass is 10.1. The third-order valence-electron chi connectivity index (χ3n) is 4.62. The summed E-state index contributed by atoms with van der Waals surface area (Å²) in [6.07, 6.45) is 5.26. The van der Waals surface area contributed by atoms with Crippen LogP contribution in [-0.4, -0.2) is 40.6 Å². The molecule has 2 aromatic carbocycles. The van der Waals surface area contributed by atoms with E-state index < -0.39 is 4.92 Å². The van der Waals surface area contributed by atoms with Gasteiger partial charge in [0.2, 0.25) is 0 Å². The van der Waals surface area contributed by atoms with E-state index in [1.807, 2.05) is 42.0 Å². The Labute approximate surface area is 173 Å². The Kier molecular flexibility index (Phi) is 6.76. The van der Waals surface area contributed by atoms with E-state index in [9.17, 15) is 14.9 Å². The summed E-state index contributed by atoms with van der Waals surface area (Å²) in [5.41, 5.74) is 2.29. The lowest BCUT2D eigenvalue weighted by Crippen LogP contribution is -2.26. The molecule has 1 unspecified atom stereocenters. The van der Waals surface area contributed by atoms with E-state index in [2.05, 4.69) is 15.6 Å². The average Bonchev–Trinajstić information content (AvgIpc) is 3.29. The molecule has 1 amide bonds. The van der Waals surface area contributed by atoms with Crippen molar-refractivity contribution in [2.45, 2.75) is 13.0 Å². The van der Waals surface area contributed by atoms with Crippen molar-refractivity contribution in [2.24, 2.45) is 0 Å². The average molecular weight is 409 g/mol. The number of nitrogens with zero attached hydrogens (tertiary/aromatic N) is 3. The molecular formula is C21H23N5O4. The van der Waals surface area contributed by atoms with Gasteiger partial charge in [0.15, 0.2) is 0 Å². The van der Waals surface area contributed by atoms with Gasteiger partial charge in [0.05, 0.1) is 23.9 Å². The topological polar surface area (TPSA) is 111 Å². The molecule has 2 N–H and O–H groups in total. The number of amides is 1. The van der Waals surface area contributed by atoms with Crippen molar-refractivity contribution in [3.05, 3.63) is 82.4 Å². The first-order chi connectivity index (χ1) is 14.5. The Hall–Kier alpha value is -3.72. The van der Waals surface area contributed by atoms with Crippen LogP contribution in [0.25, 0.3) is 5.69 Å². The number of methoxy groups -OCH3 is 1. The van der Waals surface area contributed by atoms with Gasteiger partial charge in [-0.1, -0.05) is 12.1 Å². The number of hydrogen-bond donors (Lipinski definition) is 2. The van der Waals surface area contributed by atoms with Crippen molar-refractivity contribution < 1.29 is 14.5 Å². The van der Waals surface area contributed by atoms with Crippen LogP contribution in [0.15, 0.2) is 61.2 Å². The van der Waals surface area contributed by atoms with Crippen molar-refractivity contribution in [3.8, 4) is 5.69 Å². The summed E-state index contributed by atoms with van der Waals surface area (Å²) in [4.78, 5) is 27.6. The van der Waals surface area contributed by atoms with Crippen LogP contribution in [0, 0.1) is 10.1 Å². The quantitative estimate of drug-likeness (QED) is 0.319. The van der Waals surface area contributed by atoms with Crippen LogP contribution in [0.5, 0.6) is 0 Å². The van der Waals surface area contributed by atoms with Crippen molar-refractivity contribution >= 4 is 17.3 Å².